The summed E-state index contributed by atoms with van der Waals surface area (Å²) in [6.45, 7) is 0. The maximum absolute atomic E-state index is 11.0. The summed E-state index contributed by atoms with van der Waals surface area (Å²) in [4.78, 5) is 15.0. The lowest BCUT2D eigenvalue weighted by Crippen LogP contribution is -2.40. The van der Waals surface area contributed by atoms with Gasteiger partial charge >= 0.3 is 0 Å². The molecule has 0 aromatic carbocycles. The van der Waals surface area contributed by atoms with Crippen molar-refractivity contribution in [3.8, 4) is 6.07 Å². The van der Waals surface area contributed by atoms with Crippen LogP contribution in [-0.4, -0.2) is 10.8 Å². The number of hydrogen-bond donors (Lipinski definition) is 0. The molecule has 1 aliphatic rings. The zero-order valence-electron chi connectivity index (χ0n) is 7.63. The number of carbonyl (C=O) groups excluding carboxylic acids is 1. The van der Waals surface area contributed by atoms with Gasteiger partial charge in [-0.25, -0.2) is 4.98 Å². The summed E-state index contributed by atoms with van der Waals surface area (Å²) in [6, 6.07) is 3.92. The van der Waals surface area contributed by atoms with Crippen LogP contribution in [0.2, 0.25) is 5.15 Å². The maximum atomic E-state index is 11.0. The fourth-order valence-electron chi connectivity index (χ4n) is 1.71. The Bertz CT molecular complexity index is 473. The van der Waals surface area contributed by atoms with Gasteiger partial charge in [0.15, 0.2) is 0 Å². The lowest BCUT2D eigenvalue weighted by Gasteiger charge is -2.34. The van der Waals surface area contributed by atoms with Crippen LogP contribution in [0.1, 0.15) is 18.4 Å². The van der Waals surface area contributed by atoms with Gasteiger partial charge in [0.05, 0.1) is 11.5 Å². The largest absolute Gasteiger partial charge is 0.300 e. The topological polar surface area (TPSA) is 53.8 Å². The van der Waals surface area contributed by atoms with E-state index in [1.807, 2.05) is 0 Å². The quantitative estimate of drug-likeness (QED) is 0.745. The van der Waals surface area contributed by atoms with Crippen molar-refractivity contribution >= 4 is 33.3 Å². The molecule has 1 fully saturated rings. The van der Waals surface area contributed by atoms with Gasteiger partial charge in [-0.2, -0.15) is 5.26 Å². The molecule has 0 aliphatic heterocycles. The van der Waals surface area contributed by atoms with E-state index in [0.717, 1.165) is 4.47 Å². The molecule has 5 heteroatoms. The van der Waals surface area contributed by atoms with Gasteiger partial charge in [0.2, 0.25) is 0 Å². The van der Waals surface area contributed by atoms with Crippen molar-refractivity contribution in [1.82, 2.24) is 4.98 Å². The monoisotopic (exact) mass is 284 g/mol. The highest BCUT2D eigenvalue weighted by atomic mass is 79.9. The van der Waals surface area contributed by atoms with Gasteiger partial charge < -0.3 is 0 Å². The molecule has 2 rings (SSSR count). The van der Waals surface area contributed by atoms with Gasteiger partial charge in [-0.3, -0.25) is 4.79 Å². The number of rotatable bonds is 1. The number of ketones is 1. The second kappa shape index (κ2) is 3.58. The van der Waals surface area contributed by atoms with E-state index in [2.05, 4.69) is 27.0 Å². The molecule has 1 aliphatic carbocycles. The first-order chi connectivity index (χ1) is 7.07. The molecular formula is C10H6BrClN2O. The Morgan fingerprint density at radius 1 is 1.60 bits per heavy atom. The Morgan fingerprint density at radius 3 is 2.80 bits per heavy atom. The number of Topliss-reactive ketones (excluding diaryl/α,β-unsaturated/α-hetero) is 1. The Balaban J connectivity index is 2.49. The van der Waals surface area contributed by atoms with Crippen molar-refractivity contribution in [1.29, 1.82) is 5.26 Å². The molecule has 76 valence electrons. The van der Waals surface area contributed by atoms with Crippen LogP contribution in [-0.2, 0) is 10.2 Å². The van der Waals surface area contributed by atoms with Crippen molar-refractivity contribution in [2.45, 2.75) is 18.3 Å². The minimum Gasteiger partial charge on any atom is -0.300 e. The minimum absolute atomic E-state index is 0.0904. The van der Waals surface area contributed by atoms with Crippen LogP contribution in [0.3, 0.4) is 0 Å². The van der Waals surface area contributed by atoms with E-state index in [1.54, 1.807) is 12.3 Å². The fraction of sp³-hybridized carbons (Fsp3) is 0.300. The second-order valence-electron chi connectivity index (χ2n) is 3.58. The van der Waals surface area contributed by atoms with E-state index in [1.165, 1.54) is 0 Å². The summed E-state index contributed by atoms with van der Waals surface area (Å²) in [7, 11) is 0. The highest BCUT2D eigenvalue weighted by Gasteiger charge is 2.47. The molecular weight excluding hydrogens is 279 g/mol. The highest BCUT2D eigenvalue weighted by molar-refractivity contribution is 9.10. The number of nitriles is 1. The first-order valence-corrected chi connectivity index (χ1v) is 5.49. The first-order valence-electron chi connectivity index (χ1n) is 4.32. The molecule has 0 amide bonds. The zero-order chi connectivity index (χ0) is 11.1. The number of carbonyl (C=O) groups is 1. The highest BCUT2D eigenvalue weighted by Crippen LogP contribution is 2.43. The summed E-state index contributed by atoms with van der Waals surface area (Å²) in [6.07, 6.45) is 2.04. The van der Waals surface area contributed by atoms with Crippen LogP contribution in [0.5, 0.6) is 0 Å². The minimum atomic E-state index is -0.759. The van der Waals surface area contributed by atoms with Crippen LogP contribution in [0.4, 0.5) is 0 Å². The zero-order valence-corrected chi connectivity index (χ0v) is 9.97. The number of pyridine rings is 1. The summed E-state index contributed by atoms with van der Waals surface area (Å²) in [5.74, 6) is 0.0904. The van der Waals surface area contributed by atoms with E-state index in [-0.39, 0.29) is 18.6 Å². The molecule has 0 bridgehead atoms. The molecule has 1 aromatic heterocycles. The summed E-state index contributed by atoms with van der Waals surface area (Å²) in [5, 5.41) is 9.42. The lowest BCUT2D eigenvalue weighted by atomic mass is 9.65. The van der Waals surface area contributed by atoms with Crippen molar-refractivity contribution in [2.75, 3.05) is 0 Å². The van der Waals surface area contributed by atoms with Crippen LogP contribution in [0.25, 0.3) is 0 Å². The van der Waals surface area contributed by atoms with Gasteiger partial charge in [-0.15, -0.1) is 0 Å². The van der Waals surface area contributed by atoms with Crippen LogP contribution < -0.4 is 0 Å². The van der Waals surface area contributed by atoms with Gasteiger partial charge in [0.1, 0.15) is 10.9 Å². The van der Waals surface area contributed by atoms with Crippen molar-refractivity contribution in [3.05, 3.63) is 27.5 Å². The van der Waals surface area contributed by atoms with Crippen LogP contribution in [0, 0.1) is 11.3 Å². The Kier molecular flexibility index (Phi) is 2.53. The average molecular weight is 286 g/mol. The average Bonchev–Trinajstić information content (AvgIpc) is 2.17. The molecule has 1 saturated carbocycles. The summed E-state index contributed by atoms with van der Waals surface area (Å²) in [5.41, 5.74) is -0.119. The molecule has 0 unspecified atom stereocenters. The van der Waals surface area contributed by atoms with E-state index >= 15 is 0 Å². The van der Waals surface area contributed by atoms with E-state index in [9.17, 15) is 4.79 Å². The molecule has 0 radical (unpaired) electrons. The summed E-state index contributed by atoms with van der Waals surface area (Å²) < 4.78 is 0.760. The lowest BCUT2D eigenvalue weighted by molar-refractivity contribution is -0.126. The molecule has 3 nitrogen and oxygen atoms in total. The van der Waals surface area contributed by atoms with Crippen molar-refractivity contribution in [3.63, 3.8) is 0 Å². The molecule has 15 heavy (non-hydrogen) atoms. The number of halogens is 2. The first kappa shape index (κ1) is 10.6. The predicted octanol–water partition coefficient (Wildman–Crippen LogP) is 2.62. The number of nitrogens with zero attached hydrogens (tertiary/aromatic N) is 2. The van der Waals surface area contributed by atoms with Crippen molar-refractivity contribution < 1.29 is 4.79 Å². The van der Waals surface area contributed by atoms with Gasteiger partial charge in [0.25, 0.3) is 0 Å². The van der Waals surface area contributed by atoms with Crippen molar-refractivity contribution in [2.24, 2.45) is 0 Å². The van der Waals surface area contributed by atoms with E-state index in [0.29, 0.717) is 10.7 Å². The predicted molar refractivity (Wildman–Crippen MR) is 58.5 cm³/mol. The molecule has 0 N–H and O–H groups in total. The standard InChI is InChI=1S/C10H6BrClN2O/c11-6-1-8(9(12)14-4-6)10(5-13)2-7(15)3-10/h1,4H,2-3H2. The van der Waals surface area contributed by atoms with Gasteiger partial charge in [0, 0.05) is 29.1 Å². The summed E-state index contributed by atoms with van der Waals surface area (Å²) >= 11 is 9.20. The Morgan fingerprint density at radius 2 is 2.27 bits per heavy atom. The van der Waals surface area contributed by atoms with Crippen LogP contribution >= 0.6 is 27.5 Å². The number of hydrogen-bond acceptors (Lipinski definition) is 3. The number of aromatic nitrogens is 1. The third-order valence-electron chi connectivity index (χ3n) is 2.53. The van der Waals surface area contributed by atoms with E-state index in [4.69, 9.17) is 16.9 Å². The second-order valence-corrected chi connectivity index (χ2v) is 4.85. The third kappa shape index (κ3) is 1.66. The molecule has 0 atom stereocenters. The Hall–Kier alpha value is -0.920. The van der Waals surface area contributed by atoms with Gasteiger partial charge in [-0.1, -0.05) is 11.6 Å². The SMILES string of the molecule is N#CC1(c2cc(Br)cnc2Cl)CC(=O)C1. The van der Waals surface area contributed by atoms with Gasteiger partial charge in [-0.05, 0) is 22.0 Å². The molecule has 1 aromatic rings. The third-order valence-corrected chi connectivity index (χ3v) is 3.27. The Labute approximate surface area is 100 Å². The molecule has 1 heterocycles. The van der Waals surface area contributed by atoms with Crippen LogP contribution in [0.15, 0.2) is 16.7 Å². The maximum Gasteiger partial charge on any atom is 0.136 e. The van der Waals surface area contributed by atoms with E-state index < -0.39 is 5.41 Å². The smallest absolute Gasteiger partial charge is 0.136 e. The fourth-order valence-corrected chi connectivity index (χ4v) is 2.32. The molecule has 0 saturated heterocycles. The normalized spacial score (nSPS) is 18.1. The molecule has 0 spiro atoms.